The van der Waals surface area contributed by atoms with Gasteiger partial charge in [-0.1, -0.05) is 0 Å². The highest BCUT2D eigenvalue weighted by Gasteiger charge is 2.15. The minimum atomic E-state index is 0.811. The lowest BCUT2D eigenvalue weighted by molar-refractivity contribution is 0.0558. The first-order valence-electron chi connectivity index (χ1n) is 6.87. The van der Waals surface area contributed by atoms with Crippen LogP contribution in [0, 0.1) is 5.92 Å². The van der Waals surface area contributed by atoms with Crippen LogP contribution in [-0.4, -0.2) is 64.6 Å². The quantitative estimate of drug-likeness (QED) is 0.613. The highest BCUT2D eigenvalue weighted by Crippen LogP contribution is 2.15. The van der Waals surface area contributed by atoms with Crippen LogP contribution in [0.5, 0.6) is 0 Å². The van der Waals surface area contributed by atoms with Crippen LogP contribution in [0.2, 0.25) is 0 Å². The van der Waals surface area contributed by atoms with E-state index < -0.39 is 0 Å². The van der Waals surface area contributed by atoms with Gasteiger partial charge in [-0.05, 0) is 32.7 Å². The zero-order chi connectivity index (χ0) is 12.3. The van der Waals surface area contributed by atoms with Crippen molar-refractivity contribution in [3.05, 3.63) is 0 Å². The zero-order valence-electron chi connectivity index (χ0n) is 11.4. The molecule has 1 aliphatic heterocycles. The summed E-state index contributed by atoms with van der Waals surface area (Å²) in [4.78, 5) is 2.42. The maximum atomic E-state index is 5.37. The second-order valence-corrected chi connectivity index (χ2v) is 4.76. The van der Waals surface area contributed by atoms with Gasteiger partial charge < -0.3 is 19.7 Å². The van der Waals surface area contributed by atoms with Gasteiger partial charge >= 0.3 is 0 Å². The third-order valence-electron chi connectivity index (χ3n) is 3.21. The Morgan fingerprint density at radius 3 is 2.76 bits per heavy atom. The van der Waals surface area contributed by atoms with Crippen LogP contribution < -0.4 is 5.32 Å². The minimum Gasteiger partial charge on any atom is -0.381 e. The molecule has 4 heteroatoms. The maximum Gasteiger partial charge on any atom is 0.0590 e. The summed E-state index contributed by atoms with van der Waals surface area (Å²) in [6, 6.07) is 0. The van der Waals surface area contributed by atoms with E-state index in [0.717, 1.165) is 52.0 Å². The molecule has 0 radical (unpaired) electrons. The molecule has 0 aromatic rings. The molecule has 0 bridgehead atoms. The predicted molar refractivity (Wildman–Crippen MR) is 70.4 cm³/mol. The van der Waals surface area contributed by atoms with E-state index in [1.807, 2.05) is 6.92 Å². The molecule has 0 aliphatic carbocycles. The van der Waals surface area contributed by atoms with E-state index in [0.29, 0.717) is 0 Å². The van der Waals surface area contributed by atoms with Gasteiger partial charge in [0.05, 0.1) is 6.61 Å². The van der Waals surface area contributed by atoms with Crippen LogP contribution in [0.4, 0.5) is 0 Å². The Labute approximate surface area is 106 Å². The highest BCUT2D eigenvalue weighted by molar-refractivity contribution is 4.67. The van der Waals surface area contributed by atoms with Gasteiger partial charge in [-0.25, -0.2) is 0 Å². The Kier molecular flexibility index (Phi) is 8.61. The number of hydrogen-bond donors (Lipinski definition) is 1. The molecule has 1 aliphatic rings. The van der Waals surface area contributed by atoms with Crippen LogP contribution in [-0.2, 0) is 9.47 Å². The smallest absolute Gasteiger partial charge is 0.0590 e. The first-order valence-corrected chi connectivity index (χ1v) is 6.87. The fourth-order valence-corrected chi connectivity index (χ4v) is 2.14. The monoisotopic (exact) mass is 244 g/mol. The SMILES string of the molecule is CCOCCNCCN(C)CC1CCOCC1. The van der Waals surface area contributed by atoms with E-state index >= 15 is 0 Å². The molecule has 1 fully saturated rings. The molecule has 0 saturated carbocycles. The molecule has 4 nitrogen and oxygen atoms in total. The van der Waals surface area contributed by atoms with E-state index in [1.54, 1.807) is 0 Å². The van der Waals surface area contributed by atoms with Crippen molar-refractivity contribution < 1.29 is 9.47 Å². The Bertz CT molecular complexity index is 173. The first-order chi connectivity index (χ1) is 8.33. The number of likely N-dealkylation sites (N-methyl/N-ethyl adjacent to an activating group) is 1. The molecule has 102 valence electrons. The third kappa shape index (κ3) is 7.71. The predicted octanol–water partition coefficient (Wildman–Crippen LogP) is 0.971. The largest absolute Gasteiger partial charge is 0.381 e. The Hall–Kier alpha value is -0.160. The molecule has 0 spiro atoms. The minimum absolute atomic E-state index is 0.811. The number of nitrogens with zero attached hydrogens (tertiary/aromatic N) is 1. The normalized spacial score (nSPS) is 17.8. The molecule has 0 aromatic heterocycles. The molecule has 0 aromatic carbocycles. The van der Waals surface area contributed by atoms with E-state index in [9.17, 15) is 0 Å². The topological polar surface area (TPSA) is 33.7 Å². The average Bonchev–Trinajstić information content (AvgIpc) is 2.35. The molecular weight excluding hydrogens is 216 g/mol. The molecule has 1 heterocycles. The van der Waals surface area contributed by atoms with Gasteiger partial charge in [0, 0.05) is 46.0 Å². The van der Waals surface area contributed by atoms with Crippen LogP contribution in [0.25, 0.3) is 0 Å². The van der Waals surface area contributed by atoms with E-state index in [1.165, 1.54) is 19.4 Å². The molecule has 1 rings (SSSR count). The van der Waals surface area contributed by atoms with Crippen molar-refractivity contribution in [1.29, 1.82) is 0 Å². The van der Waals surface area contributed by atoms with Crippen molar-refractivity contribution in [3.8, 4) is 0 Å². The second kappa shape index (κ2) is 9.83. The van der Waals surface area contributed by atoms with E-state index in [2.05, 4.69) is 17.3 Å². The van der Waals surface area contributed by atoms with Crippen LogP contribution in [0.3, 0.4) is 0 Å². The van der Waals surface area contributed by atoms with Gasteiger partial charge in [0.1, 0.15) is 0 Å². The average molecular weight is 244 g/mol. The highest BCUT2D eigenvalue weighted by atomic mass is 16.5. The molecule has 0 amide bonds. The lowest BCUT2D eigenvalue weighted by atomic mass is 10.00. The number of ether oxygens (including phenoxy) is 2. The summed E-state index contributed by atoms with van der Waals surface area (Å²) in [5.74, 6) is 0.831. The van der Waals surface area contributed by atoms with Gasteiger partial charge in [-0.15, -0.1) is 0 Å². The van der Waals surface area contributed by atoms with Crippen molar-refractivity contribution in [2.24, 2.45) is 5.92 Å². The van der Waals surface area contributed by atoms with Crippen LogP contribution in [0.15, 0.2) is 0 Å². The summed E-state index contributed by atoms with van der Waals surface area (Å²) < 4.78 is 10.6. The maximum absolute atomic E-state index is 5.37. The van der Waals surface area contributed by atoms with Crippen molar-refractivity contribution >= 4 is 0 Å². The summed E-state index contributed by atoms with van der Waals surface area (Å²) in [6.45, 7) is 9.88. The summed E-state index contributed by atoms with van der Waals surface area (Å²) >= 11 is 0. The Morgan fingerprint density at radius 1 is 1.29 bits per heavy atom. The Balaban J connectivity index is 1.91. The third-order valence-corrected chi connectivity index (χ3v) is 3.21. The van der Waals surface area contributed by atoms with Gasteiger partial charge in [0.15, 0.2) is 0 Å². The van der Waals surface area contributed by atoms with Crippen molar-refractivity contribution in [1.82, 2.24) is 10.2 Å². The molecular formula is C13H28N2O2. The molecule has 1 saturated heterocycles. The standard InChI is InChI=1S/C13H28N2O2/c1-3-16-11-7-14-6-8-15(2)12-13-4-9-17-10-5-13/h13-14H,3-12H2,1-2H3. The fraction of sp³-hybridized carbons (Fsp3) is 1.00. The van der Waals surface area contributed by atoms with Crippen molar-refractivity contribution in [3.63, 3.8) is 0 Å². The van der Waals surface area contributed by atoms with Crippen LogP contribution in [0.1, 0.15) is 19.8 Å². The number of hydrogen-bond acceptors (Lipinski definition) is 4. The second-order valence-electron chi connectivity index (χ2n) is 4.76. The molecule has 1 N–H and O–H groups in total. The fourth-order valence-electron chi connectivity index (χ4n) is 2.14. The lowest BCUT2D eigenvalue weighted by Gasteiger charge is -2.27. The number of nitrogens with one attached hydrogen (secondary N) is 1. The first kappa shape index (κ1) is 14.9. The van der Waals surface area contributed by atoms with E-state index in [4.69, 9.17) is 9.47 Å². The summed E-state index contributed by atoms with van der Waals surface area (Å²) in [6.07, 6.45) is 2.45. The van der Waals surface area contributed by atoms with Crippen molar-refractivity contribution in [2.75, 3.05) is 59.7 Å². The summed E-state index contributed by atoms with van der Waals surface area (Å²) in [7, 11) is 2.21. The van der Waals surface area contributed by atoms with Gasteiger partial charge in [-0.2, -0.15) is 0 Å². The lowest BCUT2D eigenvalue weighted by Crippen LogP contribution is -2.35. The summed E-state index contributed by atoms with van der Waals surface area (Å²) in [5, 5.41) is 3.40. The zero-order valence-corrected chi connectivity index (χ0v) is 11.4. The Morgan fingerprint density at radius 2 is 2.06 bits per heavy atom. The molecule has 0 unspecified atom stereocenters. The molecule has 0 atom stereocenters. The van der Waals surface area contributed by atoms with Crippen LogP contribution >= 0.6 is 0 Å². The van der Waals surface area contributed by atoms with E-state index in [-0.39, 0.29) is 0 Å². The van der Waals surface area contributed by atoms with Gasteiger partial charge in [0.25, 0.3) is 0 Å². The van der Waals surface area contributed by atoms with Gasteiger partial charge in [0.2, 0.25) is 0 Å². The number of rotatable bonds is 9. The van der Waals surface area contributed by atoms with Crippen molar-refractivity contribution in [2.45, 2.75) is 19.8 Å². The molecule has 17 heavy (non-hydrogen) atoms. The summed E-state index contributed by atoms with van der Waals surface area (Å²) in [5.41, 5.74) is 0. The van der Waals surface area contributed by atoms with Gasteiger partial charge in [-0.3, -0.25) is 0 Å².